The zero-order chi connectivity index (χ0) is 17.4. The Morgan fingerprint density at radius 1 is 1.22 bits per heavy atom. The summed E-state index contributed by atoms with van der Waals surface area (Å²) in [5, 5.41) is 9.26. The van der Waals surface area contributed by atoms with Gasteiger partial charge in [-0.15, -0.1) is 0 Å². The quantitative estimate of drug-likeness (QED) is 0.854. The van der Waals surface area contributed by atoms with E-state index < -0.39 is 17.4 Å². The Bertz CT molecular complexity index is 495. The molecule has 1 aliphatic heterocycles. The standard InChI is InChI=1S/C17H28N2O4/c1-11-5-7-13(8-6-11)19-10-12(9-14(19)20)15(21)18(4)17(2,3)16(22)23/h11-13H,5-10H2,1-4H3,(H,22,23). The van der Waals surface area contributed by atoms with Crippen molar-refractivity contribution in [3.63, 3.8) is 0 Å². The molecule has 0 radical (unpaired) electrons. The number of carboxylic acids is 1. The molecular weight excluding hydrogens is 296 g/mol. The van der Waals surface area contributed by atoms with Gasteiger partial charge >= 0.3 is 5.97 Å². The lowest BCUT2D eigenvalue weighted by molar-refractivity contribution is -0.156. The Kier molecular flexibility index (Phi) is 5.01. The van der Waals surface area contributed by atoms with Crippen LogP contribution >= 0.6 is 0 Å². The minimum atomic E-state index is -1.27. The summed E-state index contributed by atoms with van der Waals surface area (Å²) >= 11 is 0. The highest BCUT2D eigenvalue weighted by Gasteiger charge is 2.43. The van der Waals surface area contributed by atoms with Gasteiger partial charge in [0.2, 0.25) is 11.8 Å². The van der Waals surface area contributed by atoms with Crippen LogP contribution in [0.4, 0.5) is 0 Å². The number of carbonyl (C=O) groups excluding carboxylic acids is 2. The van der Waals surface area contributed by atoms with E-state index in [0.717, 1.165) is 25.7 Å². The highest BCUT2D eigenvalue weighted by molar-refractivity contribution is 5.92. The first-order chi connectivity index (χ1) is 10.6. The van der Waals surface area contributed by atoms with Gasteiger partial charge in [-0.2, -0.15) is 0 Å². The maximum atomic E-state index is 12.6. The molecule has 130 valence electrons. The largest absolute Gasteiger partial charge is 0.480 e. The van der Waals surface area contributed by atoms with Crippen LogP contribution in [-0.4, -0.2) is 57.9 Å². The van der Waals surface area contributed by atoms with E-state index in [4.69, 9.17) is 0 Å². The fraction of sp³-hybridized carbons (Fsp3) is 0.824. The average molecular weight is 324 g/mol. The molecule has 0 aromatic carbocycles. The van der Waals surface area contributed by atoms with Gasteiger partial charge in [0.25, 0.3) is 0 Å². The highest BCUT2D eigenvalue weighted by Crippen LogP contribution is 2.32. The molecular formula is C17H28N2O4. The fourth-order valence-electron chi connectivity index (χ4n) is 3.50. The van der Waals surface area contributed by atoms with E-state index in [1.54, 1.807) is 0 Å². The van der Waals surface area contributed by atoms with Crippen molar-refractivity contribution in [3.05, 3.63) is 0 Å². The zero-order valence-electron chi connectivity index (χ0n) is 14.5. The molecule has 1 atom stereocenters. The van der Waals surface area contributed by atoms with Crippen LogP contribution in [0.2, 0.25) is 0 Å². The summed E-state index contributed by atoms with van der Waals surface area (Å²) in [5.74, 6) is -0.980. The van der Waals surface area contributed by atoms with Crippen molar-refractivity contribution in [2.24, 2.45) is 11.8 Å². The van der Waals surface area contributed by atoms with Crippen LogP contribution in [0, 0.1) is 11.8 Å². The lowest BCUT2D eigenvalue weighted by Crippen LogP contribution is -2.53. The predicted octanol–water partition coefficient (Wildman–Crippen LogP) is 1.74. The number of likely N-dealkylation sites (N-methyl/N-ethyl adjacent to an activating group) is 1. The first-order valence-corrected chi connectivity index (χ1v) is 8.45. The second kappa shape index (κ2) is 6.49. The maximum absolute atomic E-state index is 12.6. The third-order valence-electron chi connectivity index (χ3n) is 5.63. The molecule has 1 N–H and O–H groups in total. The van der Waals surface area contributed by atoms with Crippen molar-refractivity contribution in [2.45, 2.75) is 64.5 Å². The summed E-state index contributed by atoms with van der Waals surface area (Å²) in [7, 11) is 1.51. The van der Waals surface area contributed by atoms with Gasteiger partial charge < -0.3 is 14.9 Å². The molecule has 0 bridgehead atoms. The van der Waals surface area contributed by atoms with Gasteiger partial charge in [0.15, 0.2) is 0 Å². The minimum Gasteiger partial charge on any atom is -0.480 e. The molecule has 6 nitrogen and oxygen atoms in total. The lowest BCUT2D eigenvalue weighted by Gasteiger charge is -2.35. The number of likely N-dealkylation sites (tertiary alicyclic amines) is 1. The molecule has 6 heteroatoms. The van der Waals surface area contributed by atoms with E-state index >= 15 is 0 Å². The first kappa shape index (κ1) is 17.8. The van der Waals surface area contributed by atoms with Gasteiger partial charge in [-0.3, -0.25) is 9.59 Å². The molecule has 0 aromatic rings. The number of hydrogen-bond acceptors (Lipinski definition) is 3. The Labute approximate surface area is 137 Å². The summed E-state index contributed by atoms with van der Waals surface area (Å²) in [6.07, 6.45) is 4.46. The highest BCUT2D eigenvalue weighted by atomic mass is 16.4. The normalized spacial score (nSPS) is 28.8. The predicted molar refractivity (Wildman–Crippen MR) is 85.7 cm³/mol. The summed E-state index contributed by atoms with van der Waals surface area (Å²) in [5.41, 5.74) is -1.27. The van der Waals surface area contributed by atoms with E-state index in [2.05, 4.69) is 6.92 Å². The van der Waals surface area contributed by atoms with Gasteiger partial charge in [0.1, 0.15) is 5.54 Å². The van der Waals surface area contributed by atoms with Gasteiger partial charge in [0, 0.05) is 26.1 Å². The Morgan fingerprint density at radius 3 is 2.30 bits per heavy atom. The maximum Gasteiger partial charge on any atom is 0.329 e. The van der Waals surface area contributed by atoms with Crippen molar-refractivity contribution in [1.82, 2.24) is 9.80 Å². The molecule has 0 aromatic heterocycles. The molecule has 2 rings (SSSR count). The van der Waals surface area contributed by atoms with Crippen LogP contribution in [0.15, 0.2) is 0 Å². The topological polar surface area (TPSA) is 77.9 Å². The van der Waals surface area contributed by atoms with Crippen molar-refractivity contribution in [3.8, 4) is 0 Å². The van der Waals surface area contributed by atoms with Crippen LogP contribution in [0.25, 0.3) is 0 Å². The zero-order valence-corrected chi connectivity index (χ0v) is 14.5. The van der Waals surface area contributed by atoms with Crippen LogP contribution in [0.5, 0.6) is 0 Å². The van der Waals surface area contributed by atoms with Crippen molar-refractivity contribution >= 4 is 17.8 Å². The van der Waals surface area contributed by atoms with Crippen LogP contribution in [0.1, 0.15) is 52.9 Å². The van der Waals surface area contributed by atoms with Crippen LogP contribution < -0.4 is 0 Å². The van der Waals surface area contributed by atoms with E-state index in [0.29, 0.717) is 12.5 Å². The van der Waals surface area contributed by atoms with Crippen LogP contribution in [0.3, 0.4) is 0 Å². The monoisotopic (exact) mass is 324 g/mol. The summed E-state index contributed by atoms with van der Waals surface area (Å²) in [6, 6.07) is 0.245. The van der Waals surface area contributed by atoms with Gasteiger partial charge in [0.05, 0.1) is 5.92 Å². The molecule has 1 saturated heterocycles. The number of nitrogens with zero attached hydrogens (tertiary/aromatic N) is 2. The van der Waals surface area contributed by atoms with Gasteiger partial charge in [-0.05, 0) is 45.4 Å². The number of carbonyl (C=O) groups is 3. The molecule has 1 unspecified atom stereocenters. The molecule has 1 heterocycles. The second-order valence-corrected chi connectivity index (χ2v) is 7.62. The molecule has 2 amide bonds. The Morgan fingerprint density at radius 2 is 1.78 bits per heavy atom. The molecule has 1 saturated carbocycles. The Balaban J connectivity index is 2.02. The van der Waals surface area contributed by atoms with Gasteiger partial charge in [-0.25, -0.2) is 4.79 Å². The van der Waals surface area contributed by atoms with Crippen LogP contribution in [-0.2, 0) is 14.4 Å². The lowest BCUT2D eigenvalue weighted by atomic mass is 9.86. The SMILES string of the molecule is CC1CCC(N2CC(C(=O)N(C)C(C)(C)C(=O)O)CC2=O)CC1. The number of rotatable bonds is 4. The van der Waals surface area contributed by atoms with Crippen molar-refractivity contribution < 1.29 is 19.5 Å². The Hall–Kier alpha value is -1.59. The third-order valence-corrected chi connectivity index (χ3v) is 5.63. The number of aliphatic carboxylic acids is 1. The van der Waals surface area contributed by atoms with Crippen molar-refractivity contribution in [1.29, 1.82) is 0 Å². The third kappa shape index (κ3) is 3.51. The fourth-order valence-corrected chi connectivity index (χ4v) is 3.50. The van der Waals surface area contributed by atoms with Gasteiger partial charge in [-0.1, -0.05) is 6.92 Å². The smallest absolute Gasteiger partial charge is 0.329 e. The number of amides is 2. The molecule has 2 fully saturated rings. The second-order valence-electron chi connectivity index (χ2n) is 7.62. The number of hydrogen-bond donors (Lipinski definition) is 1. The summed E-state index contributed by atoms with van der Waals surface area (Å²) in [4.78, 5) is 39.4. The van der Waals surface area contributed by atoms with E-state index in [-0.39, 0.29) is 24.3 Å². The summed E-state index contributed by atoms with van der Waals surface area (Å²) in [6.45, 7) is 5.67. The number of carboxylic acid groups (broad SMARTS) is 1. The van der Waals surface area contributed by atoms with E-state index in [1.165, 1.54) is 25.8 Å². The minimum absolute atomic E-state index is 0.0319. The molecule has 23 heavy (non-hydrogen) atoms. The van der Waals surface area contributed by atoms with E-state index in [1.807, 2.05) is 4.90 Å². The summed E-state index contributed by atoms with van der Waals surface area (Å²) < 4.78 is 0. The molecule has 0 spiro atoms. The van der Waals surface area contributed by atoms with E-state index in [9.17, 15) is 19.5 Å². The first-order valence-electron chi connectivity index (χ1n) is 8.45. The average Bonchev–Trinajstić information content (AvgIpc) is 2.88. The van der Waals surface area contributed by atoms with Crippen molar-refractivity contribution in [2.75, 3.05) is 13.6 Å². The molecule has 1 aliphatic carbocycles. The molecule has 2 aliphatic rings.